The zero-order valence-corrected chi connectivity index (χ0v) is 14.3. The van der Waals surface area contributed by atoms with Crippen molar-refractivity contribution in [2.24, 2.45) is 0 Å². The van der Waals surface area contributed by atoms with Gasteiger partial charge in [-0.3, -0.25) is 4.79 Å². The predicted octanol–water partition coefficient (Wildman–Crippen LogP) is 2.19. The number of carbonyl (C=O) groups is 1. The Morgan fingerprint density at radius 3 is 2.39 bits per heavy atom. The highest BCUT2D eigenvalue weighted by Gasteiger charge is 2.19. The Kier molecular flexibility index (Phi) is 5.50. The topological polar surface area (TPSA) is 75.4 Å². The number of carbonyl (C=O) groups excluding carboxylic acids is 1. The van der Waals surface area contributed by atoms with E-state index in [9.17, 15) is 4.79 Å². The number of nitrogens with zero attached hydrogens (tertiary/aromatic N) is 4. The van der Waals surface area contributed by atoms with Gasteiger partial charge in [-0.25, -0.2) is 4.98 Å². The summed E-state index contributed by atoms with van der Waals surface area (Å²) in [5, 5.41) is 0.943. The number of Topliss-reactive ketones (excluding diaryl/α,β-unsaturated/α-hetero) is 1. The van der Waals surface area contributed by atoms with E-state index in [0.717, 1.165) is 42.9 Å². The van der Waals surface area contributed by atoms with Crippen LogP contribution in [0, 0.1) is 0 Å². The summed E-state index contributed by atoms with van der Waals surface area (Å²) in [4.78, 5) is 24.7. The number of rotatable bonds is 2. The van der Waals surface area contributed by atoms with Crippen LogP contribution in [0.15, 0.2) is 18.2 Å². The second-order valence-electron chi connectivity index (χ2n) is 5.48. The van der Waals surface area contributed by atoms with Gasteiger partial charge in [0.15, 0.2) is 5.78 Å². The minimum absolute atomic E-state index is 0.0234. The fraction of sp³-hybridized carbons (Fsp3) is 0.471. The van der Waals surface area contributed by atoms with Crippen molar-refractivity contribution in [1.82, 2.24) is 14.9 Å². The van der Waals surface area contributed by atoms with Crippen molar-refractivity contribution in [3.05, 3.63) is 23.8 Å². The van der Waals surface area contributed by atoms with Crippen LogP contribution in [0.5, 0.6) is 0 Å². The van der Waals surface area contributed by atoms with Gasteiger partial charge in [0.2, 0.25) is 5.95 Å². The molecule has 0 unspecified atom stereocenters. The molecular formula is C17H25N5O. The van der Waals surface area contributed by atoms with Gasteiger partial charge in [-0.1, -0.05) is 19.9 Å². The van der Waals surface area contributed by atoms with Crippen LogP contribution in [-0.2, 0) is 0 Å². The molecule has 0 saturated carbocycles. The quantitative estimate of drug-likeness (QED) is 0.856. The van der Waals surface area contributed by atoms with Gasteiger partial charge in [-0.2, -0.15) is 4.98 Å². The van der Waals surface area contributed by atoms with Crippen LogP contribution in [0.2, 0.25) is 0 Å². The maximum Gasteiger partial charge on any atom is 0.222 e. The van der Waals surface area contributed by atoms with Crippen LogP contribution >= 0.6 is 0 Å². The summed E-state index contributed by atoms with van der Waals surface area (Å²) in [7, 11) is 2.11. The first kappa shape index (κ1) is 17.1. The molecular weight excluding hydrogens is 290 g/mol. The Labute approximate surface area is 137 Å². The van der Waals surface area contributed by atoms with Gasteiger partial charge in [-0.15, -0.1) is 0 Å². The summed E-state index contributed by atoms with van der Waals surface area (Å²) in [6, 6.07) is 5.53. The first-order valence-corrected chi connectivity index (χ1v) is 8.06. The van der Waals surface area contributed by atoms with Crippen molar-refractivity contribution in [1.29, 1.82) is 0 Å². The van der Waals surface area contributed by atoms with E-state index in [1.54, 1.807) is 13.0 Å². The average Bonchev–Trinajstić information content (AvgIpc) is 2.56. The van der Waals surface area contributed by atoms with Crippen LogP contribution in [0.25, 0.3) is 10.9 Å². The Bertz CT molecular complexity index is 693. The lowest BCUT2D eigenvalue weighted by atomic mass is 10.1. The third kappa shape index (κ3) is 3.76. The Hall–Kier alpha value is -2.21. The van der Waals surface area contributed by atoms with E-state index in [2.05, 4.69) is 26.8 Å². The van der Waals surface area contributed by atoms with E-state index < -0.39 is 0 Å². The number of hydrogen-bond donors (Lipinski definition) is 1. The minimum Gasteiger partial charge on any atom is -0.368 e. The normalized spacial score (nSPS) is 15.2. The van der Waals surface area contributed by atoms with E-state index in [4.69, 9.17) is 5.73 Å². The molecule has 6 heteroatoms. The molecule has 6 nitrogen and oxygen atoms in total. The van der Waals surface area contributed by atoms with Gasteiger partial charge in [0.25, 0.3) is 0 Å². The molecule has 2 N–H and O–H groups in total. The molecule has 1 aliphatic rings. The SMILES string of the molecule is CC.CC(=O)c1ccc2c(N3CCN(C)CC3)nc(N)nc2c1. The number of nitrogens with two attached hydrogens (primary N) is 1. The van der Waals surface area contributed by atoms with Crippen molar-refractivity contribution in [2.45, 2.75) is 20.8 Å². The van der Waals surface area contributed by atoms with Crippen LogP contribution in [-0.4, -0.2) is 53.9 Å². The fourth-order valence-electron chi connectivity index (χ4n) is 2.61. The van der Waals surface area contributed by atoms with E-state index >= 15 is 0 Å². The van der Waals surface area contributed by atoms with Crippen molar-refractivity contribution < 1.29 is 4.79 Å². The lowest BCUT2D eigenvalue weighted by Crippen LogP contribution is -2.45. The number of hydrogen-bond acceptors (Lipinski definition) is 6. The molecule has 23 heavy (non-hydrogen) atoms. The van der Waals surface area contributed by atoms with Gasteiger partial charge in [0.05, 0.1) is 5.52 Å². The number of ketones is 1. The number of aromatic nitrogens is 2. The number of piperazine rings is 1. The summed E-state index contributed by atoms with van der Waals surface area (Å²) >= 11 is 0. The van der Waals surface area contributed by atoms with Crippen LogP contribution in [0.3, 0.4) is 0 Å². The third-order valence-electron chi connectivity index (χ3n) is 3.90. The lowest BCUT2D eigenvalue weighted by molar-refractivity contribution is 0.101. The molecule has 2 heterocycles. The largest absolute Gasteiger partial charge is 0.368 e. The number of benzene rings is 1. The summed E-state index contributed by atoms with van der Waals surface area (Å²) < 4.78 is 0. The zero-order chi connectivity index (χ0) is 17.0. The van der Waals surface area contributed by atoms with E-state index in [1.165, 1.54) is 0 Å². The summed E-state index contributed by atoms with van der Waals surface area (Å²) in [5.74, 6) is 1.13. The molecule has 1 aromatic carbocycles. The number of fused-ring (bicyclic) bond motifs is 1. The molecule has 3 rings (SSSR count). The molecule has 0 amide bonds. The molecule has 1 fully saturated rings. The highest BCUT2D eigenvalue weighted by atomic mass is 16.1. The minimum atomic E-state index is 0.0234. The fourth-order valence-corrected chi connectivity index (χ4v) is 2.61. The number of anilines is 2. The first-order valence-electron chi connectivity index (χ1n) is 8.06. The van der Waals surface area contributed by atoms with Gasteiger partial charge in [-0.05, 0) is 26.1 Å². The van der Waals surface area contributed by atoms with Crippen molar-refractivity contribution in [3.63, 3.8) is 0 Å². The van der Waals surface area contributed by atoms with E-state index in [-0.39, 0.29) is 11.7 Å². The summed E-state index contributed by atoms with van der Waals surface area (Å²) in [5.41, 5.74) is 7.21. The molecule has 124 valence electrons. The molecule has 1 aromatic heterocycles. The third-order valence-corrected chi connectivity index (χ3v) is 3.90. The van der Waals surface area contributed by atoms with Gasteiger partial charge in [0.1, 0.15) is 5.82 Å². The Balaban J connectivity index is 0.000000924. The Morgan fingerprint density at radius 2 is 1.78 bits per heavy atom. The summed E-state index contributed by atoms with van der Waals surface area (Å²) in [6.45, 7) is 9.37. The molecule has 0 aliphatic carbocycles. The molecule has 0 spiro atoms. The number of nitrogen functional groups attached to an aromatic ring is 1. The Morgan fingerprint density at radius 1 is 1.13 bits per heavy atom. The van der Waals surface area contributed by atoms with Crippen LogP contribution in [0.4, 0.5) is 11.8 Å². The average molecular weight is 315 g/mol. The molecule has 2 aromatic rings. The second-order valence-corrected chi connectivity index (χ2v) is 5.48. The molecule has 1 aliphatic heterocycles. The van der Waals surface area contributed by atoms with Gasteiger partial charge < -0.3 is 15.5 Å². The molecule has 0 radical (unpaired) electrons. The van der Waals surface area contributed by atoms with Gasteiger partial charge >= 0.3 is 0 Å². The van der Waals surface area contributed by atoms with Crippen molar-refractivity contribution in [3.8, 4) is 0 Å². The highest BCUT2D eigenvalue weighted by Crippen LogP contribution is 2.26. The van der Waals surface area contributed by atoms with Gasteiger partial charge in [0, 0.05) is 37.1 Å². The predicted molar refractivity (Wildman–Crippen MR) is 95.0 cm³/mol. The second kappa shape index (κ2) is 7.37. The highest BCUT2D eigenvalue weighted by molar-refractivity contribution is 6.00. The van der Waals surface area contributed by atoms with Crippen LogP contribution in [0.1, 0.15) is 31.1 Å². The molecule has 1 saturated heterocycles. The van der Waals surface area contributed by atoms with Crippen LogP contribution < -0.4 is 10.6 Å². The maximum atomic E-state index is 11.5. The van der Waals surface area contributed by atoms with Crippen molar-refractivity contribution >= 4 is 28.5 Å². The first-order chi connectivity index (χ1) is 11.0. The molecule has 0 bridgehead atoms. The lowest BCUT2D eigenvalue weighted by Gasteiger charge is -2.33. The standard InChI is InChI=1S/C15H19N5O.C2H6/c1-10(21)11-3-4-12-13(9-11)17-15(16)18-14(12)20-7-5-19(2)6-8-20;1-2/h3-4,9H,5-8H2,1-2H3,(H2,16,17,18);1-2H3. The monoisotopic (exact) mass is 315 g/mol. The van der Waals surface area contributed by atoms with E-state index in [0.29, 0.717) is 5.56 Å². The molecule has 0 atom stereocenters. The van der Waals surface area contributed by atoms with E-state index in [1.807, 2.05) is 26.0 Å². The zero-order valence-electron chi connectivity index (χ0n) is 14.3. The maximum absolute atomic E-state index is 11.5. The van der Waals surface area contributed by atoms with Crippen molar-refractivity contribution in [2.75, 3.05) is 43.9 Å². The summed E-state index contributed by atoms with van der Waals surface area (Å²) in [6.07, 6.45) is 0. The number of likely N-dealkylation sites (N-methyl/N-ethyl adjacent to an activating group) is 1. The smallest absolute Gasteiger partial charge is 0.222 e.